The lowest BCUT2D eigenvalue weighted by molar-refractivity contribution is 0.209. The van der Waals surface area contributed by atoms with Gasteiger partial charge in [0.1, 0.15) is 5.52 Å². The molecule has 2 aromatic carbocycles. The molecule has 11 heteroatoms. The van der Waals surface area contributed by atoms with E-state index >= 15 is 0 Å². The summed E-state index contributed by atoms with van der Waals surface area (Å²) in [7, 11) is 1.65. The molecular weight excluding hydrogens is 506 g/mol. The number of fused-ring (bicyclic) bond motifs is 1. The van der Waals surface area contributed by atoms with Gasteiger partial charge in [0, 0.05) is 36.8 Å². The first kappa shape index (κ1) is 25.8. The van der Waals surface area contributed by atoms with Gasteiger partial charge < -0.3 is 23.9 Å². The number of thiazole rings is 1. The van der Waals surface area contributed by atoms with Gasteiger partial charge >= 0.3 is 6.09 Å². The van der Waals surface area contributed by atoms with Crippen molar-refractivity contribution in [1.29, 1.82) is 0 Å². The van der Waals surface area contributed by atoms with Crippen LogP contribution in [-0.2, 0) is 6.54 Å². The number of oxazole rings is 1. The van der Waals surface area contributed by atoms with Gasteiger partial charge in [0.15, 0.2) is 28.0 Å². The fourth-order valence-corrected chi connectivity index (χ4v) is 5.10. The number of carbonyl (C=O) groups excluding carboxylic acids is 1. The second kappa shape index (κ2) is 11.7. The minimum absolute atomic E-state index is 0.231. The van der Waals surface area contributed by atoms with Crippen LogP contribution in [0.15, 0.2) is 47.0 Å². The lowest BCUT2D eigenvalue weighted by Crippen LogP contribution is -2.38. The number of methoxy groups -OCH3 is 1. The van der Waals surface area contributed by atoms with Crippen molar-refractivity contribution in [1.82, 2.24) is 14.9 Å². The molecule has 0 aliphatic carbocycles. The van der Waals surface area contributed by atoms with Crippen LogP contribution in [0.4, 0.5) is 15.9 Å². The number of amides is 1. The smallest absolute Gasteiger partial charge is 0.419 e. The highest BCUT2D eigenvalue weighted by Gasteiger charge is 2.22. The summed E-state index contributed by atoms with van der Waals surface area (Å²) in [5.74, 6) is 1.83. The quantitative estimate of drug-likeness (QED) is 0.278. The van der Waals surface area contributed by atoms with Crippen LogP contribution in [0.1, 0.15) is 30.2 Å². The first-order valence-corrected chi connectivity index (χ1v) is 13.4. The van der Waals surface area contributed by atoms with Gasteiger partial charge in [-0.1, -0.05) is 12.1 Å². The molecule has 0 atom stereocenters. The summed E-state index contributed by atoms with van der Waals surface area (Å²) in [6, 6.07) is 12.0. The Morgan fingerprint density at radius 2 is 2.03 bits per heavy atom. The van der Waals surface area contributed by atoms with Gasteiger partial charge in [-0.2, -0.15) is 4.98 Å². The third-order valence-electron chi connectivity index (χ3n) is 6.26. The Morgan fingerprint density at radius 1 is 1.18 bits per heavy atom. The van der Waals surface area contributed by atoms with E-state index in [1.807, 2.05) is 26.0 Å². The summed E-state index contributed by atoms with van der Waals surface area (Å²) in [5.41, 5.74) is 2.23. The van der Waals surface area contributed by atoms with Crippen molar-refractivity contribution in [3.8, 4) is 17.2 Å². The average molecular weight is 538 g/mol. The van der Waals surface area contributed by atoms with Gasteiger partial charge in [0.05, 0.1) is 13.7 Å². The molecule has 38 heavy (non-hydrogen) atoms. The fraction of sp³-hybridized carbons (Fsp3) is 0.370. The van der Waals surface area contributed by atoms with Crippen molar-refractivity contribution in [3.63, 3.8) is 0 Å². The molecule has 0 unspecified atom stereocenters. The Balaban J connectivity index is 1.16. The Labute approximate surface area is 224 Å². The summed E-state index contributed by atoms with van der Waals surface area (Å²) < 4.78 is 22.6. The number of carbonyl (C=O) groups is 1. The van der Waals surface area contributed by atoms with Gasteiger partial charge in [0.25, 0.3) is 6.01 Å². The number of hydrogen-bond donors (Lipinski definition) is 2. The second-order valence-electron chi connectivity index (χ2n) is 9.03. The van der Waals surface area contributed by atoms with E-state index in [1.54, 1.807) is 25.4 Å². The normalized spacial score (nSPS) is 14.4. The highest BCUT2D eigenvalue weighted by Crippen LogP contribution is 2.31. The average Bonchev–Trinajstić information content (AvgIpc) is 3.51. The van der Waals surface area contributed by atoms with Crippen LogP contribution in [-0.4, -0.2) is 53.8 Å². The molecule has 1 amide bonds. The van der Waals surface area contributed by atoms with Crippen molar-refractivity contribution in [3.05, 3.63) is 53.0 Å². The zero-order valence-electron chi connectivity index (χ0n) is 21.7. The Hall–Kier alpha value is -3.83. The molecule has 4 aromatic rings. The van der Waals surface area contributed by atoms with Crippen LogP contribution < -0.4 is 24.8 Å². The summed E-state index contributed by atoms with van der Waals surface area (Å²) in [4.78, 5) is 24.4. The Bertz CT molecular complexity index is 1400. The number of aryl methyl sites for hydroxylation is 1. The van der Waals surface area contributed by atoms with Gasteiger partial charge in [0.2, 0.25) is 0 Å². The van der Waals surface area contributed by atoms with Gasteiger partial charge in [-0.05, 0) is 56.5 Å². The number of para-hydroxylation sites is 1. The molecule has 1 aliphatic heterocycles. The van der Waals surface area contributed by atoms with Crippen molar-refractivity contribution in [2.24, 2.45) is 0 Å². The molecule has 0 bridgehead atoms. The summed E-state index contributed by atoms with van der Waals surface area (Å²) in [6.45, 7) is 7.22. The molecule has 1 aliphatic rings. The van der Waals surface area contributed by atoms with Crippen molar-refractivity contribution in [2.75, 3.05) is 37.4 Å². The first-order valence-electron chi connectivity index (χ1n) is 12.6. The molecule has 2 N–H and O–H groups in total. The number of aromatic nitrogens is 2. The molecular formula is C27H31N5O5S. The van der Waals surface area contributed by atoms with Crippen LogP contribution in [0, 0.1) is 6.92 Å². The van der Waals surface area contributed by atoms with Crippen LogP contribution in [0.25, 0.3) is 11.1 Å². The number of anilines is 2. The van der Waals surface area contributed by atoms with E-state index in [0.29, 0.717) is 34.6 Å². The monoisotopic (exact) mass is 537 g/mol. The van der Waals surface area contributed by atoms with Gasteiger partial charge in [-0.3, -0.25) is 10.2 Å². The topological polar surface area (TPSA) is 111 Å². The van der Waals surface area contributed by atoms with E-state index < -0.39 is 6.09 Å². The minimum atomic E-state index is -0.629. The van der Waals surface area contributed by atoms with Gasteiger partial charge in [-0.25, -0.2) is 9.78 Å². The van der Waals surface area contributed by atoms with Crippen LogP contribution in [0.3, 0.4) is 0 Å². The lowest BCUT2D eigenvalue weighted by atomic mass is 10.0. The first-order chi connectivity index (χ1) is 18.5. The molecule has 0 radical (unpaired) electrons. The van der Waals surface area contributed by atoms with Crippen LogP contribution >= 0.6 is 11.3 Å². The van der Waals surface area contributed by atoms with Crippen LogP contribution in [0.5, 0.6) is 17.2 Å². The standard InChI is InChI=1S/C27H31N5O5S/c1-4-35-23-14-18(8-9-21(23)34-3)16-32-12-10-19(11-13-32)29-25-30-20-6-5-7-22(24(20)37-25)36-27(33)31-26-28-15-17(2)38-26/h5-9,14-15,19H,4,10-13,16H2,1-3H3,(H,29,30)(H,28,31,33). The van der Waals surface area contributed by atoms with Crippen molar-refractivity contribution < 1.29 is 23.4 Å². The number of rotatable bonds is 9. The molecule has 3 heterocycles. The number of nitrogens with one attached hydrogen (secondary N) is 2. The van der Waals surface area contributed by atoms with E-state index in [2.05, 4.69) is 37.6 Å². The predicted molar refractivity (Wildman–Crippen MR) is 147 cm³/mol. The number of ether oxygens (including phenoxy) is 3. The molecule has 1 fully saturated rings. The van der Waals surface area contributed by atoms with E-state index in [4.69, 9.17) is 18.6 Å². The molecule has 0 saturated carbocycles. The molecule has 200 valence electrons. The number of likely N-dealkylation sites (tertiary alicyclic amines) is 1. The number of hydrogen-bond acceptors (Lipinski definition) is 10. The van der Waals surface area contributed by atoms with E-state index in [9.17, 15) is 4.79 Å². The highest BCUT2D eigenvalue weighted by atomic mass is 32.1. The second-order valence-corrected chi connectivity index (χ2v) is 10.3. The van der Waals surface area contributed by atoms with E-state index in [-0.39, 0.29) is 6.04 Å². The lowest BCUT2D eigenvalue weighted by Gasteiger charge is -2.32. The van der Waals surface area contributed by atoms with E-state index in [1.165, 1.54) is 16.9 Å². The molecule has 2 aromatic heterocycles. The predicted octanol–water partition coefficient (Wildman–Crippen LogP) is 5.69. The maximum absolute atomic E-state index is 12.3. The fourth-order valence-electron chi connectivity index (χ4n) is 4.45. The molecule has 5 rings (SSSR count). The SMILES string of the molecule is CCOc1cc(CN2CCC(Nc3nc4cccc(OC(=O)Nc5ncc(C)s5)c4o3)CC2)ccc1OC. The number of benzene rings is 2. The molecule has 0 spiro atoms. The maximum Gasteiger partial charge on any atom is 0.419 e. The largest absolute Gasteiger partial charge is 0.493 e. The summed E-state index contributed by atoms with van der Waals surface area (Å²) >= 11 is 1.38. The van der Waals surface area contributed by atoms with Crippen molar-refractivity contribution in [2.45, 2.75) is 39.3 Å². The summed E-state index contributed by atoms with van der Waals surface area (Å²) in [6.07, 6.45) is 2.96. The minimum Gasteiger partial charge on any atom is -0.493 e. The molecule has 10 nitrogen and oxygen atoms in total. The molecule has 1 saturated heterocycles. The summed E-state index contributed by atoms with van der Waals surface area (Å²) in [5, 5.41) is 6.53. The van der Waals surface area contributed by atoms with Crippen molar-refractivity contribution >= 4 is 39.7 Å². The maximum atomic E-state index is 12.3. The van der Waals surface area contributed by atoms with Gasteiger partial charge in [-0.15, -0.1) is 11.3 Å². The Kier molecular flexibility index (Phi) is 7.94. The third kappa shape index (κ3) is 6.17. The van der Waals surface area contributed by atoms with E-state index in [0.717, 1.165) is 48.9 Å². The number of piperidine rings is 1. The third-order valence-corrected chi connectivity index (χ3v) is 7.09. The Morgan fingerprint density at radius 3 is 2.76 bits per heavy atom. The zero-order chi connectivity index (χ0) is 26.5. The highest BCUT2D eigenvalue weighted by molar-refractivity contribution is 7.15. The number of nitrogens with zero attached hydrogens (tertiary/aromatic N) is 3. The van der Waals surface area contributed by atoms with Crippen LogP contribution in [0.2, 0.25) is 0 Å². The zero-order valence-corrected chi connectivity index (χ0v) is 22.5.